The van der Waals surface area contributed by atoms with Crippen LogP contribution in [0.25, 0.3) is 28.0 Å². The maximum absolute atomic E-state index is 13.3. The lowest BCUT2D eigenvalue weighted by molar-refractivity contribution is -0.138. The number of hydrogen-bond acceptors (Lipinski definition) is 3. The lowest BCUT2D eigenvalue weighted by Gasteiger charge is -2.07. The molecule has 0 saturated carbocycles. The first-order valence-corrected chi connectivity index (χ1v) is 8.71. The Kier molecular flexibility index (Phi) is 4.10. The van der Waals surface area contributed by atoms with Crippen LogP contribution in [0.4, 0.5) is 26.3 Å². The Labute approximate surface area is 166 Å². The highest BCUT2D eigenvalue weighted by Gasteiger charge is 2.35. The van der Waals surface area contributed by atoms with Gasteiger partial charge in [0.05, 0.1) is 16.6 Å². The fourth-order valence-corrected chi connectivity index (χ4v) is 3.77. The van der Waals surface area contributed by atoms with Gasteiger partial charge in [-0.2, -0.15) is 36.1 Å². The number of imidazole rings is 1. The number of halogens is 7. The zero-order chi connectivity index (χ0) is 20.4. The van der Waals surface area contributed by atoms with Crippen LogP contribution in [-0.2, 0) is 19.4 Å². The van der Waals surface area contributed by atoms with Crippen LogP contribution in [0.3, 0.4) is 0 Å². The number of aromatic nitrogens is 5. The third-order valence-corrected chi connectivity index (χ3v) is 5.15. The summed E-state index contributed by atoms with van der Waals surface area (Å²) >= 11 is 1.71. The van der Waals surface area contributed by atoms with E-state index in [-0.39, 0.29) is 31.7 Å². The molecular formula is C16H8F6IN5. The van der Waals surface area contributed by atoms with E-state index in [1.807, 2.05) is 0 Å². The van der Waals surface area contributed by atoms with Gasteiger partial charge in [0.15, 0.2) is 5.65 Å². The van der Waals surface area contributed by atoms with Crippen molar-refractivity contribution in [3.8, 4) is 5.95 Å². The molecule has 1 aromatic carbocycles. The van der Waals surface area contributed by atoms with Crippen LogP contribution < -0.4 is 0 Å². The lowest BCUT2D eigenvalue weighted by Crippen LogP contribution is -2.08. The van der Waals surface area contributed by atoms with Gasteiger partial charge in [0.25, 0.3) is 0 Å². The first-order chi connectivity index (χ1) is 13.0. The Hall–Kier alpha value is -2.38. The fourth-order valence-electron chi connectivity index (χ4n) is 2.88. The topological polar surface area (TPSA) is 48.5 Å². The molecule has 0 saturated heterocycles. The molecular weight excluding hydrogens is 503 g/mol. The van der Waals surface area contributed by atoms with Crippen LogP contribution in [0, 0.1) is 3.70 Å². The zero-order valence-corrected chi connectivity index (χ0v) is 15.9. The molecule has 4 rings (SSSR count). The smallest absolute Gasteiger partial charge is 0.296 e. The molecule has 0 atom stereocenters. The number of hydrogen-bond donors (Lipinski definition) is 0. The first-order valence-electron chi connectivity index (χ1n) is 7.63. The van der Waals surface area contributed by atoms with E-state index in [1.54, 1.807) is 22.6 Å². The van der Waals surface area contributed by atoms with Gasteiger partial charge in [0, 0.05) is 18.6 Å². The number of aryl methyl sites for hydroxylation is 1. The van der Waals surface area contributed by atoms with E-state index in [9.17, 15) is 26.3 Å². The van der Waals surface area contributed by atoms with Crippen LogP contribution in [-0.4, -0.2) is 24.3 Å². The van der Waals surface area contributed by atoms with E-state index in [0.29, 0.717) is 6.20 Å². The minimum absolute atomic E-state index is 0.0428. The fraction of sp³-hybridized carbons (Fsp3) is 0.188. The highest BCUT2D eigenvalue weighted by molar-refractivity contribution is 14.1. The van der Waals surface area contributed by atoms with Crippen LogP contribution in [0.5, 0.6) is 0 Å². The molecule has 4 aromatic rings. The Morgan fingerprint density at radius 3 is 2.36 bits per heavy atom. The Morgan fingerprint density at radius 1 is 1.00 bits per heavy atom. The molecule has 0 N–H and O–H groups in total. The normalized spacial score (nSPS) is 13.0. The average molecular weight is 511 g/mol. The zero-order valence-electron chi connectivity index (χ0n) is 13.8. The number of alkyl halides is 6. The molecule has 0 fully saturated rings. The van der Waals surface area contributed by atoms with Crippen molar-refractivity contribution in [3.05, 3.63) is 45.3 Å². The van der Waals surface area contributed by atoms with Gasteiger partial charge in [-0.05, 0) is 40.8 Å². The minimum Gasteiger partial charge on any atom is -0.296 e. The highest BCUT2D eigenvalue weighted by Crippen LogP contribution is 2.37. The number of nitrogens with zero attached hydrogens (tertiary/aromatic N) is 5. The second-order valence-electron chi connectivity index (χ2n) is 5.94. The predicted octanol–water partition coefficient (Wildman–Crippen LogP) is 4.95. The third kappa shape index (κ3) is 2.89. The van der Waals surface area contributed by atoms with Crippen molar-refractivity contribution >= 4 is 44.7 Å². The van der Waals surface area contributed by atoms with Gasteiger partial charge in [-0.3, -0.25) is 4.57 Å². The summed E-state index contributed by atoms with van der Waals surface area (Å²) < 4.78 is 81.4. The molecule has 28 heavy (non-hydrogen) atoms. The van der Waals surface area contributed by atoms with Crippen molar-refractivity contribution in [2.24, 2.45) is 7.05 Å². The Morgan fingerprint density at radius 2 is 1.71 bits per heavy atom. The van der Waals surface area contributed by atoms with Crippen molar-refractivity contribution in [2.75, 3.05) is 0 Å². The first kappa shape index (κ1) is 19.0. The summed E-state index contributed by atoms with van der Waals surface area (Å²) in [5.74, 6) is 0.0514. The number of rotatable bonds is 1. The van der Waals surface area contributed by atoms with Gasteiger partial charge in [-0.1, -0.05) is 6.07 Å². The largest absolute Gasteiger partial charge is 0.417 e. The van der Waals surface area contributed by atoms with Crippen LogP contribution in [0.2, 0.25) is 0 Å². The molecule has 146 valence electrons. The summed E-state index contributed by atoms with van der Waals surface area (Å²) in [6, 6.07) is 4.45. The molecule has 0 aliphatic heterocycles. The van der Waals surface area contributed by atoms with E-state index in [0.717, 1.165) is 16.8 Å². The molecule has 0 spiro atoms. The average Bonchev–Trinajstić information content (AvgIpc) is 3.10. The number of fused-ring (bicyclic) bond motifs is 2. The van der Waals surface area contributed by atoms with Crippen molar-refractivity contribution in [3.63, 3.8) is 0 Å². The summed E-state index contributed by atoms with van der Waals surface area (Å²) in [5.41, 5.74) is -1.62. The van der Waals surface area contributed by atoms with E-state index in [1.165, 1.54) is 23.7 Å². The Bertz CT molecular complexity index is 1220. The van der Waals surface area contributed by atoms with Gasteiger partial charge < -0.3 is 0 Å². The van der Waals surface area contributed by atoms with Crippen LogP contribution in [0.15, 0.2) is 30.5 Å². The second-order valence-corrected chi connectivity index (χ2v) is 6.96. The monoisotopic (exact) mass is 511 g/mol. The number of benzene rings is 1. The SMILES string of the molecule is Cn1c(-n2nc3cccc(C(F)(F)F)c3c2I)nc2cc(C(F)(F)F)cnc21. The molecule has 0 aliphatic rings. The standard InChI is InChI=1S/C16H8F6IN5/c1-27-13-10(5-7(6-24-13)15(17,18)19)25-14(27)28-12(23)11-8(16(20,21)22)3-2-4-9(11)26-28/h2-6H,1H3. The van der Waals surface area contributed by atoms with Crippen LogP contribution in [0.1, 0.15) is 11.1 Å². The summed E-state index contributed by atoms with van der Waals surface area (Å²) in [7, 11) is 1.50. The molecule has 12 heteroatoms. The van der Waals surface area contributed by atoms with E-state index < -0.39 is 23.5 Å². The second kappa shape index (κ2) is 6.06. The van der Waals surface area contributed by atoms with Crippen molar-refractivity contribution in [1.82, 2.24) is 24.3 Å². The molecule has 0 radical (unpaired) electrons. The summed E-state index contributed by atoms with van der Waals surface area (Å²) in [6.45, 7) is 0. The van der Waals surface area contributed by atoms with Crippen LogP contribution >= 0.6 is 22.6 Å². The van der Waals surface area contributed by atoms with E-state index >= 15 is 0 Å². The summed E-state index contributed by atoms with van der Waals surface area (Å²) in [6.07, 6.45) is -8.49. The van der Waals surface area contributed by atoms with Crippen molar-refractivity contribution < 1.29 is 26.3 Å². The predicted molar refractivity (Wildman–Crippen MR) is 95.9 cm³/mol. The van der Waals surface area contributed by atoms with E-state index in [4.69, 9.17) is 0 Å². The maximum atomic E-state index is 13.3. The molecule has 5 nitrogen and oxygen atoms in total. The molecule has 3 aromatic heterocycles. The highest BCUT2D eigenvalue weighted by atomic mass is 127. The third-order valence-electron chi connectivity index (χ3n) is 4.15. The van der Waals surface area contributed by atoms with Crippen molar-refractivity contribution in [2.45, 2.75) is 12.4 Å². The maximum Gasteiger partial charge on any atom is 0.417 e. The van der Waals surface area contributed by atoms with E-state index in [2.05, 4.69) is 15.1 Å². The minimum atomic E-state index is -4.59. The van der Waals surface area contributed by atoms with Gasteiger partial charge in [-0.25, -0.2) is 9.97 Å². The quantitative estimate of drug-likeness (QED) is 0.269. The molecule has 3 heterocycles. The number of pyridine rings is 1. The van der Waals surface area contributed by atoms with Gasteiger partial charge >= 0.3 is 12.4 Å². The molecule has 0 amide bonds. The lowest BCUT2D eigenvalue weighted by atomic mass is 10.1. The van der Waals surface area contributed by atoms with Gasteiger partial charge in [-0.15, -0.1) is 0 Å². The summed E-state index contributed by atoms with van der Waals surface area (Å²) in [5, 5.41) is 4.05. The van der Waals surface area contributed by atoms with Gasteiger partial charge in [0.1, 0.15) is 9.22 Å². The Balaban J connectivity index is 1.97. The molecule has 0 bridgehead atoms. The van der Waals surface area contributed by atoms with Crippen molar-refractivity contribution in [1.29, 1.82) is 0 Å². The summed E-state index contributed by atoms with van der Waals surface area (Å²) in [4.78, 5) is 7.91. The molecule has 0 aliphatic carbocycles. The van der Waals surface area contributed by atoms with Gasteiger partial charge in [0.2, 0.25) is 5.95 Å². The molecule has 0 unspecified atom stereocenters.